The number of rotatable bonds is 8. The first kappa shape index (κ1) is 15.0. The van der Waals surface area contributed by atoms with Crippen LogP contribution in [-0.2, 0) is 15.1 Å². The van der Waals surface area contributed by atoms with Gasteiger partial charge in [0.25, 0.3) is 0 Å². The molecular formula is C13H20N2O2S. The minimum Gasteiger partial charge on any atom is -0.384 e. The van der Waals surface area contributed by atoms with Crippen LogP contribution in [0.15, 0.2) is 30.3 Å². The van der Waals surface area contributed by atoms with E-state index in [1.807, 2.05) is 30.3 Å². The van der Waals surface area contributed by atoms with Crippen LogP contribution in [0.3, 0.4) is 0 Å². The van der Waals surface area contributed by atoms with Gasteiger partial charge in [-0.05, 0) is 17.7 Å². The molecule has 0 aliphatic carbocycles. The van der Waals surface area contributed by atoms with Crippen molar-refractivity contribution in [1.82, 2.24) is 0 Å². The highest BCUT2D eigenvalue weighted by molar-refractivity contribution is 7.99. The molecule has 0 saturated heterocycles. The van der Waals surface area contributed by atoms with Crippen LogP contribution in [-0.4, -0.2) is 31.1 Å². The Balaban J connectivity index is 2.62. The summed E-state index contributed by atoms with van der Waals surface area (Å²) in [7, 11) is 1.67. The normalized spacial score (nSPS) is 14.1. The van der Waals surface area contributed by atoms with E-state index in [-0.39, 0.29) is 0 Å². The quantitative estimate of drug-likeness (QED) is 0.692. The summed E-state index contributed by atoms with van der Waals surface area (Å²) in [6.45, 7) is 0.699. The Morgan fingerprint density at radius 3 is 2.56 bits per heavy atom. The molecule has 1 unspecified atom stereocenters. The zero-order valence-electron chi connectivity index (χ0n) is 10.6. The standard InChI is InChI=1S/C13H20N2O2S/c1-17-8-10-18-9-7-13(15,12(14)16)11-5-3-2-4-6-11/h2-6H,7-10,15H2,1H3,(H2,14,16). The number of carbonyl (C=O) groups is 1. The number of ether oxygens (including phenoxy) is 1. The number of amides is 1. The lowest BCUT2D eigenvalue weighted by Crippen LogP contribution is -2.49. The minimum absolute atomic E-state index is 0.485. The summed E-state index contributed by atoms with van der Waals surface area (Å²) in [6, 6.07) is 9.28. The van der Waals surface area contributed by atoms with Crippen molar-refractivity contribution in [3.8, 4) is 0 Å². The van der Waals surface area contributed by atoms with Gasteiger partial charge in [0.2, 0.25) is 5.91 Å². The Morgan fingerprint density at radius 2 is 2.00 bits per heavy atom. The molecule has 1 rings (SSSR count). The Bertz CT molecular complexity index is 373. The van der Waals surface area contributed by atoms with E-state index >= 15 is 0 Å². The number of hydrogen-bond donors (Lipinski definition) is 2. The fourth-order valence-corrected chi connectivity index (χ4v) is 2.58. The first-order valence-electron chi connectivity index (χ1n) is 5.82. The number of benzene rings is 1. The summed E-state index contributed by atoms with van der Waals surface area (Å²) in [5, 5.41) is 0. The maximum Gasteiger partial charge on any atom is 0.242 e. The van der Waals surface area contributed by atoms with Crippen LogP contribution in [0.5, 0.6) is 0 Å². The number of nitrogens with two attached hydrogens (primary N) is 2. The zero-order chi connectivity index (χ0) is 13.4. The molecule has 18 heavy (non-hydrogen) atoms. The van der Waals surface area contributed by atoms with Crippen molar-refractivity contribution in [1.29, 1.82) is 0 Å². The average Bonchev–Trinajstić information content (AvgIpc) is 2.39. The molecule has 4 N–H and O–H groups in total. The van der Waals surface area contributed by atoms with E-state index in [0.29, 0.717) is 13.0 Å². The number of primary amides is 1. The van der Waals surface area contributed by atoms with E-state index < -0.39 is 11.4 Å². The highest BCUT2D eigenvalue weighted by Crippen LogP contribution is 2.23. The van der Waals surface area contributed by atoms with Gasteiger partial charge in [0.05, 0.1) is 6.61 Å². The van der Waals surface area contributed by atoms with E-state index in [9.17, 15) is 4.79 Å². The Labute approximate surface area is 112 Å². The number of carbonyl (C=O) groups excluding carboxylic acids is 1. The van der Waals surface area contributed by atoms with Crippen LogP contribution in [0.4, 0.5) is 0 Å². The molecule has 5 heteroatoms. The molecule has 100 valence electrons. The van der Waals surface area contributed by atoms with Gasteiger partial charge in [-0.25, -0.2) is 0 Å². The van der Waals surface area contributed by atoms with Crippen molar-refractivity contribution in [3.63, 3.8) is 0 Å². The minimum atomic E-state index is -1.08. The van der Waals surface area contributed by atoms with Crippen molar-refractivity contribution in [2.24, 2.45) is 11.5 Å². The lowest BCUT2D eigenvalue weighted by atomic mass is 9.88. The number of thioether (sulfide) groups is 1. The second-order valence-electron chi connectivity index (χ2n) is 4.06. The van der Waals surface area contributed by atoms with Gasteiger partial charge in [-0.15, -0.1) is 0 Å². The molecule has 0 aromatic heterocycles. The zero-order valence-corrected chi connectivity index (χ0v) is 11.4. The van der Waals surface area contributed by atoms with Gasteiger partial charge in [-0.1, -0.05) is 30.3 Å². The predicted octanol–water partition coefficient (Wildman–Crippen LogP) is 1.10. The van der Waals surface area contributed by atoms with Crippen LogP contribution >= 0.6 is 11.8 Å². The topological polar surface area (TPSA) is 78.3 Å². The van der Waals surface area contributed by atoms with E-state index in [4.69, 9.17) is 16.2 Å². The van der Waals surface area contributed by atoms with Gasteiger partial charge >= 0.3 is 0 Å². The molecule has 0 saturated carbocycles. The van der Waals surface area contributed by atoms with Gasteiger partial charge in [-0.3, -0.25) is 4.79 Å². The second kappa shape index (κ2) is 7.41. The summed E-state index contributed by atoms with van der Waals surface area (Å²) in [5.74, 6) is 1.18. The Hall–Kier alpha value is -1.04. The smallest absolute Gasteiger partial charge is 0.242 e. The summed E-state index contributed by atoms with van der Waals surface area (Å²) < 4.78 is 4.96. The largest absolute Gasteiger partial charge is 0.384 e. The number of methoxy groups -OCH3 is 1. The van der Waals surface area contributed by atoms with E-state index in [1.54, 1.807) is 18.9 Å². The van der Waals surface area contributed by atoms with Gasteiger partial charge in [0.1, 0.15) is 5.54 Å². The summed E-state index contributed by atoms with van der Waals surface area (Å²) >= 11 is 1.70. The summed E-state index contributed by atoms with van der Waals surface area (Å²) in [4.78, 5) is 11.6. The lowest BCUT2D eigenvalue weighted by molar-refractivity contribution is -0.123. The van der Waals surface area contributed by atoms with Crippen LogP contribution in [0.25, 0.3) is 0 Å². The molecule has 1 atom stereocenters. The molecule has 0 aliphatic rings. The highest BCUT2D eigenvalue weighted by Gasteiger charge is 2.33. The van der Waals surface area contributed by atoms with Gasteiger partial charge in [-0.2, -0.15) is 11.8 Å². The third-order valence-corrected chi connectivity index (χ3v) is 3.75. The molecule has 0 spiro atoms. The molecule has 1 amide bonds. The van der Waals surface area contributed by atoms with Gasteiger partial charge in [0.15, 0.2) is 0 Å². The van der Waals surface area contributed by atoms with Crippen LogP contribution in [0.2, 0.25) is 0 Å². The van der Waals surface area contributed by atoms with Crippen molar-refractivity contribution >= 4 is 17.7 Å². The lowest BCUT2D eigenvalue weighted by Gasteiger charge is -2.26. The maximum absolute atomic E-state index is 11.6. The van der Waals surface area contributed by atoms with E-state index in [0.717, 1.165) is 17.1 Å². The first-order valence-corrected chi connectivity index (χ1v) is 6.97. The molecule has 1 aromatic carbocycles. The van der Waals surface area contributed by atoms with E-state index in [1.165, 1.54) is 0 Å². The summed E-state index contributed by atoms with van der Waals surface area (Å²) in [6.07, 6.45) is 0.528. The van der Waals surface area contributed by atoms with Crippen LogP contribution < -0.4 is 11.5 Å². The molecule has 0 fully saturated rings. The fourth-order valence-electron chi connectivity index (χ4n) is 1.62. The SMILES string of the molecule is COCCSCCC(N)(C(N)=O)c1ccccc1. The molecule has 0 heterocycles. The van der Waals surface area contributed by atoms with Gasteiger partial charge < -0.3 is 16.2 Å². The third-order valence-electron chi connectivity index (χ3n) is 2.80. The highest BCUT2D eigenvalue weighted by atomic mass is 32.2. The fraction of sp³-hybridized carbons (Fsp3) is 0.462. The monoisotopic (exact) mass is 268 g/mol. The molecule has 0 bridgehead atoms. The molecule has 4 nitrogen and oxygen atoms in total. The van der Waals surface area contributed by atoms with E-state index in [2.05, 4.69) is 0 Å². The van der Waals surface area contributed by atoms with Gasteiger partial charge in [0, 0.05) is 12.9 Å². The third kappa shape index (κ3) is 4.01. The molecule has 0 aliphatic heterocycles. The Morgan fingerprint density at radius 1 is 1.33 bits per heavy atom. The summed E-state index contributed by atoms with van der Waals surface area (Å²) in [5.41, 5.74) is 11.3. The average molecular weight is 268 g/mol. The Kier molecular flexibility index (Phi) is 6.18. The van der Waals surface area contributed by atoms with Crippen molar-refractivity contribution in [2.45, 2.75) is 12.0 Å². The predicted molar refractivity (Wildman–Crippen MR) is 75.3 cm³/mol. The van der Waals surface area contributed by atoms with Crippen LogP contribution in [0, 0.1) is 0 Å². The molecular weight excluding hydrogens is 248 g/mol. The molecule has 1 aromatic rings. The van der Waals surface area contributed by atoms with Crippen molar-refractivity contribution < 1.29 is 9.53 Å². The van der Waals surface area contributed by atoms with Crippen LogP contribution in [0.1, 0.15) is 12.0 Å². The van der Waals surface area contributed by atoms with Crippen molar-refractivity contribution in [2.75, 3.05) is 25.2 Å². The second-order valence-corrected chi connectivity index (χ2v) is 5.28. The first-order chi connectivity index (χ1) is 8.61. The maximum atomic E-state index is 11.6. The number of hydrogen-bond acceptors (Lipinski definition) is 4. The molecule has 0 radical (unpaired) electrons. The van der Waals surface area contributed by atoms with Crippen molar-refractivity contribution in [3.05, 3.63) is 35.9 Å².